The van der Waals surface area contributed by atoms with E-state index in [1.807, 2.05) is 0 Å². The lowest BCUT2D eigenvalue weighted by Gasteiger charge is -1.97. The molecule has 1 aromatic rings. The molecule has 6 heteroatoms. The summed E-state index contributed by atoms with van der Waals surface area (Å²) in [5, 5.41) is 18.9. The SMILES string of the molecule is N#Cc1cc(Br)cc([N+](=O)[O-])c1Cl. The maximum atomic E-state index is 10.4. The molecular formula is C7H2BrClN2O2. The second kappa shape index (κ2) is 3.73. The van der Waals surface area contributed by atoms with E-state index >= 15 is 0 Å². The van der Waals surface area contributed by atoms with E-state index in [-0.39, 0.29) is 16.3 Å². The first kappa shape index (κ1) is 9.96. The maximum Gasteiger partial charge on any atom is 0.290 e. The van der Waals surface area contributed by atoms with Crippen molar-refractivity contribution < 1.29 is 4.92 Å². The van der Waals surface area contributed by atoms with Crippen molar-refractivity contribution in [3.05, 3.63) is 37.3 Å². The first-order valence-electron chi connectivity index (χ1n) is 3.10. The van der Waals surface area contributed by atoms with Crippen LogP contribution in [0.25, 0.3) is 0 Å². The third kappa shape index (κ3) is 1.97. The Morgan fingerprint density at radius 2 is 2.23 bits per heavy atom. The molecule has 0 aliphatic rings. The highest BCUT2D eigenvalue weighted by atomic mass is 79.9. The number of halogens is 2. The lowest BCUT2D eigenvalue weighted by atomic mass is 10.2. The number of nitrogens with zero attached hydrogens (tertiary/aromatic N) is 2. The molecule has 0 spiro atoms. The van der Waals surface area contributed by atoms with Gasteiger partial charge in [0.15, 0.2) is 0 Å². The molecule has 0 heterocycles. The van der Waals surface area contributed by atoms with Crippen molar-refractivity contribution >= 4 is 33.2 Å². The van der Waals surface area contributed by atoms with Crippen LogP contribution in [0.4, 0.5) is 5.69 Å². The molecule has 0 atom stereocenters. The molecule has 0 fully saturated rings. The van der Waals surface area contributed by atoms with Crippen LogP contribution in [0.2, 0.25) is 5.02 Å². The van der Waals surface area contributed by atoms with Crippen LogP contribution in [0.15, 0.2) is 16.6 Å². The third-order valence-corrected chi connectivity index (χ3v) is 2.19. The van der Waals surface area contributed by atoms with Crippen molar-refractivity contribution in [1.82, 2.24) is 0 Å². The van der Waals surface area contributed by atoms with E-state index in [1.165, 1.54) is 12.1 Å². The molecule has 13 heavy (non-hydrogen) atoms. The molecule has 4 nitrogen and oxygen atoms in total. The topological polar surface area (TPSA) is 66.9 Å². The summed E-state index contributed by atoms with van der Waals surface area (Å²) in [6, 6.07) is 4.44. The minimum atomic E-state index is -0.631. The van der Waals surface area contributed by atoms with Gasteiger partial charge in [0.2, 0.25) is 0 Å². The molecule has 0 N–H and O–H groups in total. The predicted octanol–water partition coefficient (Wildman–Crippen LogP) is 2.88. The van der Waals surface area contributed by atoms with Gasteiger partial charge in [-0.05, 0) is 6.07 Å². The van der Waals surface area contributed by atoms with Crippen LogP contribution in [0, 0.1) is 21.4 Å². The summed E-state index contributed by atoms with van der Waals surface area (Å²) >= 11 is 8.63. The van der Waals surface area contributed by atoms with Gasteiger partial charge in [0.05, 0.1) is 10.5 Å². The van der Waals surface area contributed by atoms with Gasteiger partial charge < -0.3 is 0 Å². The molecule has 66 valence electrons. The van der Waals surface area contributed by atoms with Crippen molar-refractivity contribution in [3.63, 3.8) is 0 Å². The van der Waals surface area contributed by atoms with Gasteiger partial charge in [-0.15, -0.1) is 0 Å². The lowest BCUT2D eigenvalue weighted by Crippen LogP contribution is -1.91. The number of hydrogen-bond donors (Lipinski definition) is 0. The van der Waals surface area contributed by atoms with Gasteiger partial charge in [0.1, 0.15) is 11.1 Å². The van der Waals surface area contributed by atoms with Crippen LogP contribution < -0.4 is 0 Å². The molecule has 0 radical (unpaired) electrons. The van der Waals surface area contributed by atoms with E-state index < -0.39 is 4.92 Å². The Morgan fingerprint density at radius 3 is 2.69 bits per heavy atom. The second-order valence-corrected chi connectivity index (χ2v) is 3.45. The number of hydrogen-bond acceptors (Lipinski definition) is 3. The average molecular weight is 261 g/mol. The minimum absolute atomic E-state index is 0.0859. The van der Waals surface area contributed by atoms with Crippen LogP contribution in [-0.4, -0.2) is 4.92 Å². The maximum absolute atomic E-state index is 10.4. The quantitative estimate of drug-likeness (QED) is 0.576. The molecule has 0 bridgehead atoms. The van der Waals surface area contributed by atoms with Gasteiger partial charge in [-0.1, -0.05) is 27.5 Å². The number of nitro groups is 1. The molecule has 0 saturated heterocycles. The second-order valence-electron chi connectivity index (χ2n) is 2.16. The Hall–Kier alpha value is -1.12. The zero-order valence-electron chi connectivity index (χ0n) is 6.12. The summed E-state index contributed by atoms with van der Waals surface area (Å²) in [6.07, 6.45) is 0. The summed E-state index contributed by atoms with van der Waals surface area (Å²) in [5.74, 6) is 0. The fraction of sp³-hybridized carbons (Fsp3) is 0. The predicted molar refractivity (Wildman–Crippen MR) is 50.5 cm³/mol. The van der Waals surface area contributed by atoms with E-state index in [0.29, 0.717) is 4.47 Å². The van der Waals surface area contributed by atoms with Gasteiger partial charge in [0.25, 0.3) is 5.69 Å². The number of rotatable bonds is 1. The third-order valence-electron chi connectivity index (χ3n) is 1.34. The van der Waals surface area contributed by atoms with Crippen LogP contribution in [-0.2, 0) is 0 Å². The largest absolute Gasteiger partial charge is 0.290 e. The minimum Gasteiger partial charge on any atom is -0.258 e. The Kier molecular flexibility index (Phi) is 2.86. The molecule has 0 saturated carbocycles. The Labute approximate surface area is 87.0 Å². The zero-order chi connectivity index (χ0) is 10.0. The Balaban J connectivity index is 3.47. The van der Waals surface area contributed by atoms with E-state index in [1.54, 1.807) is 6.07 Å². The van der Waals surface area contributed by atoms with Crippen molar-refractivity contribution in [2.75, 3.05) is 0 Å². The van der Waals surface area contributed by atoms with E-state index in [0.717, 1.165) is 0 Å². The summed E-state index contributed by atoms with van der Waals surface area (Å²) < 4.78 is 0.458. The summed E-state index contributed by atoms with van der Waals surface area (Å²) in [4.78, 5) is 9.80. The number of nitro benzene ring substituents is 1. The van der Waals surface area contributed by atoms with Crippen molar-refractivity contribution in [2.45, 2.75) is 0 Å². The first-order chi connectivity index (χ1) is 6.06. The van der Waals surface area contributed by atoms with Crippen molar-refractivity contribution in [1.29, 1.82) is 5.26 Å². The van der Waals surface area contributed by atoms with Crippen LogP contribution in [0.1, 0.15) is 5.56 Å². The normalized spacial score (nSPS) is 9.31. The fourth-order valence-electron chi connectivity index (χ4n) is 0.789. The van der Waals surface area contributed by atoms with Crippen molar-refractivity contribution in [3.8, 4) is 6.07 Å². The molecule has 0 aromatic heterocycles. The van der Waals surface area contributed by atoms with E-state index in [4.69, 9.17) is 16.9 Å². The highest BCUT2D eigenvalue weighted by Gasteiger charge is 2.16. The molecule has 1 rings (SSSR count). The Bertz CT molecular complexity index is 414. The molecular weight excluding hydrogens is 259 g/mol. The fourth-order valence-corrected chi connectivity index (χ4v) is 1.46. The molecule has 0 unspecified atom stereocenters. The number of nitriles is 1. The van der Waals surface area contributed by atoms with Crippen LogP contribution >= 0.6 is 27.5 Å². The van der Waals surface area contributed by atoms with Gasteiger partial charge >= 0.3 is 0 Å². The van der Waals surface area contributed by atoms with Gasteiger partial charge in [0, 0.05) is 10.5 Å². The highest BCUT2D eigenvalue weighted by molar-refractivity contribution is 9.10. The van der Waals surface area contributed by atoms with Crippen molar-refractivity contribution in [2.24, 2.45) is 0 Å². The average Bonchev–Trinajstić information content (AvgIpc) is 2.08. The molecule has 0 aliphatic heterocycles. The van der Waals surface area contributed by atoms with Crippen LogP contribution in [0.3, 0.4) is 0 Å². The first-order valence-corrected chi connectivity index (χ1v) is 4.27. The standard InChI is InChI=1S/C7H2BrClN2O2/c8-5-1-4(3-10)7(9)6(2-5)11(12)13/h1-2H. The smallest absolute Gasteiger partial charge is 0.258 e. The van der Waals surface area contributed by atoms with E-state index in [2.05, 4.69) is 15.9 Å². The Morgan fingerprint density at radius 1 is 1.62 bits per heavy atom. The van der Waals surface area contributed by atoms with Gasteiger partial charge in [-0.2, -0.15) is 5.26 Å². The molecule has 0 aliphatic carbocycles. The van der Waals surface area contributed by atoms with E-state index in [9.17, 15) is 10.1 Å². The summed E-state index contributed by atoms with van der Waals surface area (Å²) in [7, 11) is 0. The highest BCUT2D eigenvalue weighted by Crippen LogP contribution is 2.31. The zero-order valence-corrected chi connectivity index (χ0v) is 8.46. The summed E-state index contributed by atoms with van der Waals surface area (Å²) in [5.41, 5.74) is -0.185. The molecule has 0 amide bonds. The van der Waals surface area contributed by atoms with Crippen LogP contribution in [0.5, 0.6) is 0 Å². The molecule has 1 aromatic carbocycles. The number of benzene rings is 1. The van der Waals surface area contributed by atoms with Gasteiger partial charge in [-0.25, -0.2) is 0 Å². The lowest BCUT2D eigenvalue weighted by molar-refractivity contribution is -0.384. The monoisotopic (exact) mass is 260 g/mol. The van der Waals surface area contributed by atoms with Gasteiger partial charge in [-0.3, -0.25) is 10.1 Å². The summed E-state index contributed by atoms with van der Waals surface area (Å²) in [6.45, 7) is 0.